The Balaban J connectivity index is 1.54. The molecule has 0 bridgehead atoms. The molecule has 1 heterocycles. The zero-order valence-corrected chi connectivity index (χ0v) is 22.6. The van der Waals surface area contributed by atoms with Crippen LogP contribution in [0, 0.1) is 16.7 Å². The molecule has 4 rings (SSSR count). The van der Waals surface area contributed by atoms with Gasteiger partial charge in [-0.05, 0) is 49.0 Å². The van der Waals surface area contributed by atoms with Crippen molar-refractivity contribution < 1.29 is 19.1 Å². The van der Waals surface area contributed by atoms with Crippen LogP contribution in [0.15, 0.2) is 84.1 Å². The topological polar surface area (TPSA) is 103 Å². The van der Waals surface area contributed by atoms with E-state index in [4.69, 9.17) is 4.74 Å². The summed E-state index contributed by atoms with van der Waals surface area (Å²) in [5.41, 5.74) is 2.57. The molecule has 1 aliphatic heterocycles. The summed E-state index contributed by atoms with van der Waals surface area (Å²) in [6.07, 6.45) is 5.24. The van der Waals surface area contributed by atoms with E-state index in [1.54, 1.807) is 7.05 Å². The van der Waals surface area contributed by atoms with Gasteiger partial charge in [-0.2, -0.15) is 5.26 Å². The van der Waals surface area contributed by atoms with Crippen molar-refractivity contribution in [1.82, 2.24) is 15.1 Å². The van der Waals surface area contributed by atoms with Crippen LogP contribution < -0.4 is 5.32 Å². The van der Waals surface area contributed by atoms with Gasteiger partial charge in [-0.25, -0.2) is 4.79 Å². The van der Waals surface area contributed by atoms with Crippen LogP contribution in [0.2, 0.25) is 0 Å². The van der Waals surface area contributed by atoms with Crippen molar-refractivity contribution in [1.29, 1.82) is 5.26 Å². The zero-order chi connectivity index (χ0) is 28.0. The lowest BCUT2D eigenvalue weighted by Gasteiger charge is -2.35. The van der Waals surface area contributed by atoms with E-state index in [-0.39, 0.29) is 25.4 Å². The Bertz CT molecular complexity index is 1320. The molecule has 2 aliphatic rings. The average molecular weight is 527 g/mol. The largest absolute Gasteiger partial charge is 0.445 e. The Morgan fingerprint density at radius 1 is 1.05 bits per heavy atom. The van der Waals surface area contributed by atoms with Crippen LogP contribution in [0.4, 0.5) is 4.79 Å². The molecule has 39 heavy (non-hydrogen) atoms. The highest BCUT2D eigenvalue weighted by molar-refractivity contribution is 5.92. The lowest BCUT2D eigenvalue weighted by Crippen LogP contribution is -2.53. The van der Waals surface area contributed by atoms with Gasteiger partial charge in [0.1, 0.15) is 18.7 Å². The van der Waals surface area contributed by atoms with Gasteiger partial charge in [0.2, 0.25) is 11.8 Å². The van der Waals surface area contributed by atoms with Gasteiger partial charge in [-0.15, -0.1) is 0 Å². The molecule has 1 N–H and O–H groups in total. The molecule has 0 radical (unpaired) electrons. The van der Waals surface area contributed by atoms with E-state index in [9.17, 15) is 19.6 Å². The summed E-state index contributed by atoms with van der Waals surface area (Å²) < 4.78 is 5.51. The maximum Gasteiger partial charge on any atom is 0.410 e. The fourth-order valence-corrected chi connectivity index (χ4v) is 5.19. The van der Waals surface area contributed by atoms with E-state index >= 15 is 0 Å². The summed E-state index contributed by atoms with van der Waals surface area (Å²) in [4.78, 5) is 42.6. The van der Waals surface area contributed by atoms with Crippen molar-refractivity contribution in [2.24, 2.45) is 5.41 Å². The minimum atomic E-state index is -0.908. The number of carbonyl (C=O) groups excluding carboxylic acids is 3. The van der Waals surface area contributed by atoms with Crippen LogP contribution in [0.5, 0.6) is 0 Å². The van der Waals surface area contributed by atoms with Crippen LogP contribution in [0.1, 0.15) is 37.3 Å². The number of nitriles is 1. The van der Waals surface area contributed by atoms with E-state index < -0.39 is 29.5 Å². The Morgan fingerprint density at radius 3 is 2.33 bits per heavy atom. The van der Waals surface area contributed by atoms with Gasteiger partial charge < -0.3 is 15.0 Å². The summed E-state index contributed by atoms with van der Waals surface area (Å²) in [6, 6.07) is 19.2. The second-order valence-electron chi connectivity index (χ2n) is 10.3. The minimum Gasteiger partial charge on any atom is -0.445 e. The first kappa shape index (κ1) is 27.6. The number of allylic oxidation sites excluding steroid dienone is 2. The number of amides is 3. The summed E-state index contributed by atoms with van der Waals surface area (Å²) in [5.74, 6) is -0.563. The van der Waals surface area contributed by atoms with E-state index in [0.29, 0.717) is 0 Å². The predicted octanol–water partition coefficient (Wildman–Crippen LogP) is 4.35. The standard InChI is InChI=1S/C31H34N4O4/c1-31(25-16-10-11-17-26(25)33-29(31)37)19-24(20-32)34(2)28(36)27(18-22-12-6-4-7-13-22)35(3)30(38)39-21-23-14-8-5-9-15-23/h4-9,11-15,17,24,27H,10,16,18-19,21H2,1-3H3,(H,33,37)/t24-,27-,31+/m0/s1. The molecule has 8 nitrogen and oxygen atoms in total. The first-order valence-corrected chi connectivity index (χ1v) is 13.1. The quantitative estimate of drug-likeness (QED) is 0.523. The van der Waals surface area contributed by atoms with Crippen LogP contribution in [0.25, 0.3) is 0 Å². The number of hydrogen-bond acceptors (Lipinski definition) is 5. The smallest absolute Gasteiger partial charge is 0.410 e. The van der Waals surface area contributed by atoms with Gasteiger partial charge in [0, 0.05) is 26.2 Å². The molecule has 0 unspecified atom stereocenters. The van der Waals surface area contributed by atoms with Gasteiger partial charge in [0.05, 0.1) is 11.5 Å². The molecular weight excluding hydrogens is 492 g/mol. The number of carbonyl (C=O) groups is 3. The van der Waals surface area contributed by atoms with Crippen molar-refractivity contribution in [3.63, 3.8) is 0 Å². The van der Waals surface area contributed by atoms with Crippen molar-refractivity contribution in [2.45, 2.75) is 51.3 Å². The molecule has 8 heteroatoms. The van der Waals surface area contributed by atoms with E-state index in [1.807, 2.05) is 79.7 Å². The number of hydrogen-bond donors (Lipinski definition) is 1. The van der Waals surface area contributed by atoms with Gasteiger partial charge in [0.25, 0.3) is 0 Å². The van der Waals surface area contributed by atoms with Crippen LogP contribution >= 0.6 is 0 Å². The van der Waals surface area contributed by atoms with Crippen LogP contribution in [0.3, 0.4) is 0 Å². The highest BCUT2D eigenvalue weighted by Crippen LogP contribution is 2.43. The SMILES string of the molecule is CN(C(=O)[C@H](Cc1ccccc1)N(C)C(=O)OCc1ccccc1)[C@H](C#N)C[C@@]1(C)C(=O)NC2=C1CCC=C2. The number of benzene rings is 2. The van der Waals surface area contributed by atoms with Gasteiger partial charge in [-0.3, -0.25) is 14.5 Å². The highest BCUT2D eigenvalue weighted by atomic mass is 16.6. The average Bonchev–Trinajstić information content (AvgIpc) is 3.22. The first-order valence-electron chi connectivity index (χ1n) is 13.1. The minimum absolute atomic E-state index is 0.0757. The van der Waals surface area contributed by atoms with Gasteiger partial charge >= 0.3 is 6.09 Å². The first-order chi connectivity index (χ1) is 18.7. The van der Waals surface area contributed by atoms with E-state index in [2.05, 4.69) is 11.4 Å². The molecule has 2 aromatic rings. The Kier molecular flexibility index (Phi) is 8.50. The second kappa shape index (κ2) is 12.0. The molecule has 3 atom stereocenters. The Hall–Kier alpha value is -4.38. The number of ether oxygens (including phenoxy) is 1. The normalized spacial score (nSPS) is 19.4. The van der Waals surface area contributed by atoms with Gasteiger partial charge in [0.15, 0.2) is 0 Å². The number of nitrogens with zero attached hydrogens (tertiary/aromatic N) is 3. The zero-order valence-electron chi connectivity index (χ0n) is 22.6. The molecule has 202 valence electrons. The van der Waals surface area contributed by atoms with Crippen LogP contribution in [-0.4, -0.2) is 53.9 Å². The highest BCUT2D eigenvalue weighted by Gasteiger charge is 2.47. The van der Waals surface area contributed by atoms with Crippen molar-refractivity contribution >= 4 is 17.9 Å². The summed E-state index contributed by atoms with van der Waals surface area (Å²) in [5, 5.41) is 13.1. The molecule has 0 spiro atoms. The summed E-state index contributed by atoms with van der Waals surface area (Å²) >= 11 is 0. The maximum absolute atomic E-state index is 13.9. The second-order valence-corrected chi connectivity index (χ2v) is 10.3. The van der Waals surface area contributed by atoms with Crippen molar-refractivity contribution in [3.05, 3.63) is 95.2 Å². The lowest BCUT2D eigenvalue weighted by atomic mass is 9.74. The Labute approximate surface area is 229 Å². The number of rotatable bonds is 9. The third kappa shape index (κ3) is 6.04. The predicted molar refractivity (Wildman–Crippen MR) is 147 cm³/mol. The molecule has 0 fully saturated rings. The molecule has 3 amide bonds. The van der Waals surface area contributed by atoms with Gasteiger partial charge in [-0.1, -0.05) is 66.7 Å². The fraction of sp³-hybridized carbons (Fsp3) is 0.355. The monoisotopic (exact) mass is 526 g/mol. The molecule has 0 saturated heterocycles. The van der Waals surface area contributed by atoms with E-state index in [1.165, 1.54) is 16.8 Å². The molecule has 2 aromatic carbocycles. The molecule has 0 aromatic heterocycles. The maximum atomic E-state index is 13.9. The third-order valence-corrected chi connectivity index (χ3v) is 7.67. The summed E-state index contributed by atoms with van der Waals surface area (Å²) in [6.45, 7) is 1.91. The summed E-state index contributed by atoms with van der Waals surface area (Å²) in [7, 11) is 3.09. The third-order valence-electron chi connectivity index (χ3n) is 7.67. The number of likely N-dealkylation sites (N-methyl/N-ethyl adjacent to an activating group) is 2. The molecule has 1 aliphatic carbocycles. The molecule has 0 saturated carbocycles. The number of nitrogens with one attached hydrogen (secondary N) is 1. The lowest BCUT2D eigenvalue weighted by molar-refractivity contribution is -0.137. The van der Waals surface area contributed by atoms with Crippen molar-refractivity contribution in [2.75, 3.05) is 14.1 Å². The van der Waals surface area contributed by atoms with Crippen molar-refractivity contribution in [3.8, 4) is 6.07 Å². The van der Waals surface area contributed by atoms with Crippen LogP contribution in [-0.2, 0) is 27.4 Å². The molecular formula is C31H34N4O4. The van der Waals surface area contributed by atoms with E-state index in [0.717, 1.165) is 35.2 Å². The Morgan fingerprint density at radius 2 is 1.69 bits per heavy atom. The fourth-order valence-electron chi connectivity index (χ4n) is 5.19.